The van der Waals surface area contributed by atoms with Crippen LogP contribution >= 0.6 is 0 Å². The molecule has 12 heteroatoms. The third kappa shape index (κ3) is 5.66. The zero-order valence-corrected chi connectivity index (χ0v) is 20.0. The first-order valence-corrected chi connectivity index (χ1v) is 11.3. The highest BCUT2D eigenvalue weighted by molar-refractivity contribution is 5.83. The number of hydrogen-bond acceptors (Lipinski definition) is 8. The number of carboxylic acids is 1. The summed E-state index contributed by atoms with van der Waals surface area (Å²) in [5, 5.41) is 14.4. The molecule has 0 bridgehead atoms. The van der Waals surface area contributed by atoms with Crippen molar-refractivity contribution < 1.29 is 28.6 Å². The summed E-state index contributed by atoms with van der Waals surface area (Å²) in [7, 11) is 0. The number of benzene rings is 1. The van der Waals surface area contributed by atoms with Crippen molar-refractivity contribution >= 4 is 17.8 Å². The van der Waals surface area contributed by atoms with Gasteiger partial charge in [-0.25, -0.2) is 19.3 Å². The van der Waals surface area contributed by atoms with Gasteiger partial charge in [-0.1, -0.05) is 0 Å². The van der Waals surface area contributed by atoms with Crippen LogP contribution in [0.15, 0.2) is 36.5 Å². The van der Waals surface area contributed by atoms with Crippen LogP contribution in [0.25, 0.3) is 22.6 Å². The predicted octanol–water partition coefficient (Wildman–Crippen LogP) is 2.75. The van der Waals surface area contributed by atoms with Gasteiger partial charge in [0, 0.05) is 17.8 Å². The smallest absolute Gasteiger partial charge is 0.322 e. The molecule has 1 fully saturated rings. The molecule has 190 valence electrons. The Morgan fingerprint density at radius 2 is 1.89 bits per heavy atom. The number of anilines is 1. The first-order chi connectivity index (χ1) is 17.1. The molecule has 1 aliphatic heterocycles. The molecule has 4 N–H and O–H groups in total. The number of hydrogen-bond donors (Lipinski definition) is 4. The van der Waals surface area contributed by atoms with Gasteiger partial charge in [-0.2, -0.15) is 0 Å². The minimum absolute atomic E-state index is 0.0133. The maximum absolute atomic E-state index is 13.6. The zero-order chi connectivity index (χ0) is 25.9. The van der Waals surface area contributed by atoms with Gasteiger partial charge in [-0.15, -0.1) is 0 Å². The summed E-state index contributed by atoms with van der Waals surface area (Å²) in [6.45, 7) is 5.42. The van der Waals surface area contributed by atoms with E-state index in [-0.39, 0.29) is 37.7 Å². The van der Waals surface area contributed by atoms with Crippen LogP contribution in [0.3, 0.4) is 0 Å². The normalized spacial score (nSPS) is 19.8. The Hall–Kier alpha value is -3.90. The molecule has 3 heterocycles. The molecular formula is C24H27FN6O5. The molecule has 1 amide bonds. The lowest BCUT2D eigenvalue weighted by Crippen LogP contribution is -2.50. The van der Waals surface area contributed by atoms with E-state index in [0.717, 1.165) is 0 Å². The second kappa shape index (κ2) is 10.4. The fourth-order valence-electron chi connectivity index (χ4n) is 3.58. The summed E-state index contributed by atoms with van der Waals surface area (Å²) < 4.78 is 25.3. The van der Waals surface area contributed by atoms with Crippen LogP contribution in [0.5, 0.6) is 0 Å². The summed E-state index contributed by atoms with van der Waals surface area (Å²) in [6.07, 6.45) is 0.609. The number of ether oxygens (including phenoxy) is 2. The van der Waals surface area contributed by atoms with Gasteiger partial charge < -0.3 is 30.2 Å². The molecule has 2 aromatic heterocycles. The van der Waals surface area contributed by atoms with Crippen LogP contribution in [-0.4, -0.2) is 62.7 Å². The van der Waals surface area contributed by atoms with Crippen LogP contribution in [-0.2, 0) is 19.1 Å². The molecule has 0 aliphatic carbocycles. The Bertz CT molecular complexity index is 1240. The van der Waals surface area contributed by atoms with E-state index >= 15 is 0 Å². The molecule has 1 aliphatic rings. The van der Waals surface area contributed by atoms with E-state index in [1.807, 2.05) is 13.8 Å². The summed E-state index contributed by atoms with van der Waals surface area (Å²) in [5.41, 5.74) is 1.13. The molecule has 1 aromatic carbocycles. The Morgan fingerprint density at radius 3 is 2.53 bits per heavy atom. The lowest BCUT2D eigenvalue weighted by atomic mass is 9.90. The number of amides is 1. The molecule has 0 saturated carbocycles. The molecule has 3 aromatic rings. The van der Waals surface area contributed by atoms with Gasteiger partial charge in [-0.3, -0.25) is 9.59 Å². The fraction of sp³-hybridized carbons (Fsp3) is 0.375. The number of carboxylic acid groups (broad SMARTS) is 1. The molecule has 0 unspecified atom stereocenters. The molecule has 11 nitrogen and oxygen atoms in total. The number of nitrogens with zero attached hydrogens (tertiary/aromatic N) is 3. The van der Waals surface area contributed by atoms with Gasteiger partial charge in [0.1, 0.15) is 12.4 Å². The third-order valence-corrected chi connectivity index (χ3v) is 5.45. The number of aromatic amines is 1. The molecular weight excluding hydrogens is 471 g/mol. The number of rotatable bonds is 8. The van der Waals surface area contributed by atoms with Crippen molar-refractivity contribution in [2.45, 2.75) is 33.1 Å². The van der Waals surface area contributed by atoms with E-state index < -0.39 is 23.5 Å². The standard InChI is InChI=1S/C24H27FN6O5/c1-13(2)28-22(34)24(3)11-35-21(36-12-24)20-30-18(14-4-6-15(25)7-5-14)19(31-20)16-8-9-26-23(29-16)27-10-17(32)33/h4-9,13,21H,10-12H2,1-3H3,(H,28,34)(H,30,31)(H,32,33)(H,26,27,29). The molecule has 0 radical (unpaired) electrons. The van der Waals surface area contributed by atoms with Crippen LogP contribution in [0.2, 0.25) is 0 Å². The number of carbonyl (C=O) groups is 2. The van der Waals surface area contributed by atoms with Crippen molar-refractivity contribution in [2.24, 2.45) is 5.41 Å². The first-order valence-electron chi connectivity index (χ1n) is 11.3. The molecule has 1 saturated heterocycles. The zero-order valence-electron chi connectivity index (χ0n) is 20.0. The molecule has 0 spiro atoms. The molecule has 4 rings (SSSR count). The monoisotopic (exact) mass is 498 g/mol. The van der Waals surface area contributed by atoms with Crippen molar-refractivity contribution in [1.29, 1.82) is 0 Å². The van der Waals surface area contributed by atoms with Crippen LogP contribution in [0.1, 0.15) is 32.9 Å². The van der Waals surface area contributed by atoms with E-state index in [1.165, 1.54) is 18.3 Å². The quantitative estimate of drug-likeness (QED) is 0.367. The Morgan fingerprint density at radius 1 is 1.19 bits per heavy atom. The second-order valence-electron chi connectivity index (χ2n) is 9.01. The first kappa shape index (κ1) is 25.2. The third-order valence-electron chi connectivity index (χ3n) is 5.45. The lowest BCUT2D eigenvalue weighted by molar-refractivity contribution is -0.231. The van der Waals surface area contributed by atoms with Gasteiger partial charge in [0.2, 0.25) is 18.1 Å². The van der Waals surface area contributed by atoms with Crippen molar-refractivity contribution in [3.8, 4) is 22.6 Å². The molecule has 0 atom stereocenters. The van der Waals surface area contributed by atoms with Crippen LogP contribution in [0, 0.1) is 11.2 Å². The summed E-state index contributed by atoms with van der Waals surface area (Å²) in [5.74, 6) is -1.15. The Kier molecular flexibility index (Phi) is 7.27. The van der Waals surface area contributed by atoms with E-state index in [0.29, 0.717) is 28.5 Å². The fourth-order valence-corrected chi connectivity index (χ4v) is 3.58. The topological polar surface area (TPSA) is 151 Å². The number of carbonyl (C=O) groups excluding carboxylic acids is 1. The highest BCUT2D eigenvalue weighted by Gasteiger charge is 2.41. The van der Waals surface area contributed by atoms with Gasteiger partial charge in [0.05, 0.1) is 35.7 Å². The van der Waals surface area contributed by atoms with Crippen molar-refractivity contribution in [3.63, 3.8) is 0 Å². The maximum Gasteiger partial charge on any atom is 0.322 e. The van der Waals surface area contributed by atoms with E-state index in [4.69, 9.17) is 14.6 Å². The van der Waals surface area contributed by atoms with E-state index in [9.17, 15) is 14.0 Å². The average Bonchev–Trinajstić information content (AvgIpc) is 3.29. The summed E-state index contributed by atoms with van der Waals surface area (Å²) >= 11 is 0. The van der Waals surface area contributed by atoms with Gasteiger partial charge in [-0.05, 0) is 51.1 Å². The predicted molar refractivity (Wildman–Crippen MR) is 127 cm³/mol. The van der Waals surface area contributed by atoms with Crippen LogP contribution < -0.4 is 10.6 Å². The second-order valence-corrected chi connectivity index (χ2v) is 9.01. The SMILES string of the molecule is CC(C)NC(=O)C1(C)COC(c2nc(-c3ccc(F)cc3)c(-c3ccnc(NCC(=O)O)n3)[nH]2)OC1. The van der Waals surface area contributed by atoms with Crippen molar-refractivity contribution in [3.05, 3.63) is 48.2 Å². The van der Waals surface area contributed by atoms with Gasteiger partial charge in [0.25, 0.3) is 0 Å². The van der Waals surface area contributed by atoms with Crippen LogP contribution in [0.4, 0.5) is 10.3 Å². The number of halogens is 1. The van der Waals surface area contributed by atoms with Crippen molar-refractivity contribution in [2.75, 3.05) is 25.1 Å². The highest BCUT2D eigenvalue weighted by atomic mass is 19.1. The minimum atomic E-state index is -1.06. The highest BCUT2D eigenvalue weighted by Crippen LogP contribution is 2.35. The van der Waals surface area contributed by atoms with E-state index in [1.54, 1.807) is 25.1 Å². The Balaban J connectivity index is 1.64. The number of aromatic nitrogens is 4. The number of H-pyrrole nitrogens is 1. The number of aliphatic carboxylic acids is 1. The lowest BCUT2D eigenvalue weighted by Gasteiger charge is -2.35. The van der Waals surface area contributed by atoms with Gasteiger partial charge in [0.15, 0.2) is 5.82 Å². The average molecular weight is 499 g/mol. The minimum Gasteiger partial charge on any atom is -0.480 e. The Labute approximate surface area is 206 Å². The van der Waals surface area contributed by atoms with Gasteiger partial charge >= 0.3 is 5.97 Å². The van der Waals surface area contributed by atoms with E-state index in [2.05, 4.69) is 30.6 Å². The number of imidazole rings is 1. The number of nitrogens with one attached hydrogen (secondary N) is 3. The van der Waals surface area contributed by atoms with Crippen molar-refractivity contribution in [1.82, 2.24) is 25.3 Å². The summed E-state index contributed by atoms with van der Waals surface area (Å²) in [6, 6.07) is 7.42. The summed E-state index contributed by atoms with van der Waals surface area (Å²) in [4.78, 5) is 39.7. The molecule has 36 heavy (non-hydrogen) atoms. The largest absolute Gasteiger partial charge is 0.480 e. The maximum atomic E-state index is 13.6.